The van der Waals surface area contributed by atoms with Crippen LogP contribution in [0.3, 0.4) is 0 Å². The highest BCUT2D eigenvalue weighted by atomic mass is 19.1. The number of carbonyl (C=O) groups is 1. The molecule has 0 saturated carbocycles. The highest BCUT2D eigenvalue weighted by Crippen LogP contribution is 2.32. The number of aromatic amines is 1. The van der Waals surface area contributed by atoms with E-state index in [0.717, 1.165) is 22.0 Å². The second-order valence-corrected chi connectivity index (χ2v) is 7.75. The van der Waals surface area contributed by atoms with Crippen LogP contribution in [-0.2, 0) is 11.2 Å². The molecule has 1 fully saturated rings. The van der Waals surface area contributed by atoms with Crippen molar-refractivity contribution in [2.24, 2.45) is 5.73 Å². The van der Waals surface area contributed by atoms with Gasteiger partial charge in [0, 0.05) is 17.1 Å². The number of carboxylic acid groups (broad SMARTS) is 1. The molecule has 3 aromatic rings. The topological polar surface area (TPSA) is 94.2 Å². The zero-order valence-electron chi connectivity index (χ0n) is 16.2. The van der Waals surface area contributed by atoms with Crippen LogP contribution in [0.1, 0.15) is 30.4 Å². The first-order valence-electron chi connectivity index (χ1n) is 9.77. The summed E-state index contributed by atoms with van der Waals surface area (Å²) >= 11 is 0. The second kappa shape index (κ2) is 7.94. The number of hydrogen-bond donors (Lipinski definition) is 4. The van der Waals surface area contributed by atoms with E-state index in [-0.39, 0.29) is 17.8 Å². The Kier molecular flexibility index (Phi) is 5.36. The standard InChI is InChI=1S/C22H25FN4O2/c1-13(14-6-8-16(23)9-7-14)10-20(24)26-27-19(21(27)22(28)29)11-15-12-25-18-5-3-2-4-17(15)18/h2-9,12-13,19-21,25-26H,10-11,24H2,1H3,(H,28,29)/t13?,19-,20?,21-,27?/m0/s1. The molecule has 2 aromatic carbocycles. The molecule has 7 heteroatoms. The van der Waals surface area contributed by atoms with Gasteiger partial charge in [-0.1, -0.05) is 37.3 Å². The number of halogens is 1. The number of fused-ring (bicyclic) bond motifs is 1. The molecule has 4 rings (SSSR count). The third-order valence-corrected chi connectivity index (χ3v) is 5.65. The summed E-state index contributed by atoms with van der Waals surface area (Å²) in [5, 5.41) is 12.4. The van der Waals surface area contributed by atoms with E-state index in [9.17, 15) is 14.3 Å². The molecule has 6 nitrogen and oxygen atoms in total. The van der Waals surface area contributed by atoms with Gasteiger partial charge in [0.1, 0.15) is 11.9 Å². The Hall–Kier alpha value is -2.74. The number of hydrogen-bond acceptors (Lipinski definition) is 4. The first-order chi connectivity index (χ1) is 13.9. The van der Waals surface area contributed by atoms with Gasteiger partial charge in [0.15, 0.2) is 0 Å². The quantitative estimate of drug-likeness (QED) is 0.347. The summed E-state index contributed by atoms with van der Waals surface area (Å²) in [5.41, 5.74) is 12.5. The van der Waals surface area contributed by atoms with Crippen molar-refractivity contribution in [1.82, 2.24) is 15.4 Å². The van der Waals surface area contributed by atoms with Crippen LogP contribution in [0.25, 0.3) is 10.9 Å². The minimum atomic E-state index is -0.860. The van der Waals surface area contributed by atoms with Crippen molar-refractivity contribution in [2.75, 3.05) is 0 Å². The van der Waals surface area contributed by atoms with Gasteiger partial charge >= 0.3 is 5.97 Å². The van der Waals surface area contributed by atoms with Gasteiger partial charge in [-0.15, -0.1) is 0 Å². The molecule has 1 aliphatic heterocycles. The Morgan fingerprint density at radius 2 is 2.00 bits per heavy atom. The molecule has 5 atom stereocenters. The van der Waals surface area contributed by atoms with Crippen LogP contribution >= 0.6 is 0 Å². The van der Waals surface area contributed by atoms with Gasteiger partial charge in [0.05, 0.1) is 12.2 Å². The maximum Gasteiger partial charge on any atom is 0.324 e. The average Bonchev–Trinajstić information content (AvgIpc) is 3.20. The first kappa shape index (κ1) is 19.6. The molecule has 152 valence electrons. The minimum Gasteiger partial charge on any atom is -0.480 e. The summed E-state index contributed by atoms with van der Waals surface area (Å²) in [4.78, 5) is 14.9. The Morgan fingerprint density at radius 3 is 2.72 bits per heavy atom. The van der Waals surface area contributed by atoms with Gasteiger partial charge < -0.3 is 15.8 Å². The molecule has 29 heavy (non-hydrogen) atoms. The van der Waals surface area contributed by atoms with E-state index in [1.54, 1.807) is 17.1 Å². The van der Waals surface area contributed by atoms with Crippen molar-refractivity contribution >= 4 is 16.9 Å². The number of hydrazine groups is 1. The summed E-state index contributed by atoms with van der Waals surface area (Å²) in [6.07, 6.45) is 2.77. The third-order valence-electron chi connectivity index (χ3n) is 5.65. The highest BCUT2D eigenvalue weighted by molar-refractivity contribution is 5.84. The molecule has 0 aliphatic carbocycles. The summed E-state index contributed by atoms with van der Waals surface area (Å²) in [7, 11) is 0. The van der Waals surface area contributed by atoms with E-state index in [4.69, 9.17) is 5.73 Å². The lowest BCUT2D eigenvalue weighted by molar-refractivity contribution is -0.137. The molecular weight excluding hydrogens is 371 g/mol. The summed E-state index contributed by atoms with van der Waals surface area (Å²) in [6.45, 7) is 2.02. The lowest BCUT2D eigenvalue weighted by atomic mass is 9.97. The Bertz CT molecular complexity index is 1000. The lowest BCUT2D eigenvalue weighted by Crippen LogP contribution is -2.43. The SMILES string of the molecule is CC(CC(N)NN1[C@H](C(=O)O)[C@@H]1Cc1c[nH]c2ccccc12)c1ccc(F)cc1. The van der Waals surface area contributed by atoms with E-state index >= 15 is 0 Å². The number of H-pyrrole nitrogens is 1. The Balaban J connectivity index is 1.39. The summed E-state index contributed by atoms with van der Waals surface area (Å²) in [6, 6.07) is 13.6. The zero-order valence-corrected chi connectivity index (χ0v) is 16.2. The number of aromatic nitrogens is 1. The maximum absolute atomic E-state index is 13.1. The molecule has 0 amide bonds. The third kappa shape index (κ3) is 4.17. The van der Waals surface area contributed by atoms with Crippen molar-refractivity contribution in [3.05, 3.63) is 71.7 Å². The summed E-state index contributed by atoms with van der Waals surface area (Å²) in [5.74, 6) is -1.01. The molecule has 2 heterocycles. The molecule has 5 N–H and O–H groups in total. The van der Waals surface area contributed by atoms with E-state index in [0.29, 0.717) is 12.8 Å². The number of para-hydroxylation sites is 1. The van der Waals surface area contributed by atoms with Gasteiger partial charge in [0.25, 0.3) is 0 Å². The molecule has 0 radical (unpaired) electrons. The van der Waals surface area contributed by atoms with E-state index < -0.39 is 18.2 Å². The lowest BCUT2D eigenvalue weighted by Gasteiger charge is -2.20. The molecule has 3 unspecified atom stereocenters. The Morgan fingerprint density at radius 1 is 1.28 bits per heavy atom. The first-order valence-corrected chi connectivity index (χ1v) is 9.77. The smallest absolute Gasteiger partial charge is 0.324 e. The fraction of sp³-hybridized carbons (Fsp3) is 0.318. The molecule has 1 aromatic heterocycles. The van der Waals surface area contributed by atoms with E-state index in [1.165, 1.54) is 12.1 Å². The highest BCUT2D eigenvalue weighted by Gasteiger charge is 2.53. The van der Waals surface area contributed by atoms with Gasteiger partial charge in [-0.25, -0.2) is 14.8 Å². The maximum atomic E-state index is 13.1. The molecule has 1 aliphatic rings. The number of aliphatic carboxylic acids is 1. The fourth-order valence-corrected chi connectivity index (χ4v) is 4.03. The van der Waals surface area contributed by atoms with Gasteiger partial charge in [0.2, 0.25) is 0 Å². The van der Waals surface area contributed by atoms with Gasteiger partial charge in [-0.3, -0.25) is 4.79 Å². The van der Waals surface area contributed by atoms with Crippen molar-refractivity contribution in [1.29, 1.82) is 0 Å². The largest absolute Gasteiger partial charge is 0.480 e. The van der Waals surface area contributed by atoms with Crippen LogP contribution in [0, 0.1) is 5.82 Å². The normalized spacial score (nSPS) is 23.1. The molecule has 1 saturated heterocycles. The van der Waals surface area contributed by atoms with Crippen LogP contribution in [-0.4, -0.2) is 39.3 Å². The Labute approximate surface area is 168 Å². The monoisotopic (exact) mass is 396 g/mol. The van der Waals surface area contributed by atoms with Crippen molar-refractivity contribution in [3.8, 4) is 0 Å². The minimum absolute atomic E-state index is 0.119. The van der Waals surface area contributed by atoms with Crippen LogP contribution < -0.4 is 11.2 Å². The second-order valence-electron chi connectivity index (χ2n) is 7.75. The van der Waals surface area contributed by atoms with Crippen molar-refractivity contribution in [2.45, 2.75) is 43.9 Å². The van der Waals surface area contributed by atoms with E-state index in [2.05, 4.69) is 10.4 Å². The predicted octanol–water partition coefficient (Wildman–Crippen LogP) is 2.97. The van der Waals surface area contributed by atoms with Gasteiger partial charge in [-0.2, -0.15) is 0 Å². The average molecular weight is 396 g/mol. The fourth-order valence-electron chi connectivity index (χ4n) is 4.03. The number of benzene rings is 2. The number of nitrogens with two attached hydrogens (primary N) is 1. The predicted molar refractivity (Wildman–Crippen MR) is 110 cm³/mol. The van der Waals surface area contributed by atoms with Crippen LogP contribution in [0.15, 0.2) is 54.7 Å². The molecule has 0 spiro atoms. The number of rotatable bonds is 8. The van der Waals surface area contributed by atoms with Gasteiger partial charge in [-0.05, 0) is 48.1 Å². The molecular formula is C22H25FN4O2. The van der Waals surface area contributed by atoms with Crippen molar-refractivity contribution < 1.29 is 14.3 Å². The molecule has 0 bridgehead atoms. The number of carboxylic acids is 1. The van der Waals surface area contributed by atoms with Crippen LogP contribution in [0.4, 0.5) is 4.39 Å². The van der Waals surface area contributed by atoms with Crippen molar-refractivity contribution in [3.63, 3.8) is 0 Å². The number of nitrogens with one attached hydrogen (secondary N) is 2. The number of nitrogens with zero attached hydrogens (tertiary/aromatic N) is 1. The zero-order chi connectivity index (χ0) is 20.5. The van der Waals surface area contributed by atoms with E-state index in [1.807, 2.05) is 37.4 Å². The summed E-state index contributed by atoms with van der Waals surface area (Å²) < 4.78 is 13.1. The van der Waals surface area contributed by atoms with Crippen LogP contribution in [0.5, 0.6) is 0 Å². The van der Waals surface area contributed by atoms with Crippen LogP contribution in [0.2, 0.25) is 0 Å².